The monoisotopic (exact) mass is 519 g/mol. The highest BCUT2D eigenvalue weighted by atomic mass is 16.5. The molecule has 0 aliphatic carbocycles. The van der Waals surface area contributed by atoms with Crippen LogP contribution in [0, 0.1) is 0 Å². The number of hydrogen-bond acceptors (Lipinski definition) is 11. The van der Waals surface area contributed by atoms with Crippen LogP contribution in [0.2, 0.25) is 0 Å². The first-order chi connectivity index (χ1) is 18.5. The fourth-order valence-electron chi connectivity index (χ4n) is 3.63. The summed E-state index contributed by atoms with van der Waals surface area (Å²) in [5.41, 5.74) is 3.40. The van der Waals surface area contributed by atoms with Gasteiger partial charge in [0.05, 0.1) is 45.5 Å². The second-order valence-electron chi connectivity index (χ2n) is 7.94. The van der Waals surface area contributed by atoms with Gasteiger partial charge in [-0.15, -0.1) is 0 Å². The van der Waals surface area contributed by atoms with Crippen LogP contribution in [0.15, 0.2) is 59.1 Å². The van der Waals surface area contributed by atoms with Crippen molar-refractivity contribution in [2.75, 3.05) is 45.4 Å². The molecule has 4 aromatic rings. The molecule has 0 spiro atoms. The highest BCUT2D eigenvalue weighted by Crippen LogP contribution is 2.32. The van der Waals surface area contributed by atoms with Crippen LogP contribution < -0.4 is 19.7 Å². The van der Waals surface area contributed by atoms with Gasteiger partial charge in [-0.3, -0.25) is 9.67 Å². The predicted molar refractivity (Wildman–Crippen MR) is 144 cm³/mol. The van der Waals surface area contributed by atoms with Gasteiger partial charge in [0.15, 0.2) is 5.65 Å². The van der Waals surface area contributed by atoms with E-state index in [2.05, 4.69) is 32.3 Å². The largest absolute Gasteiger partial charge is 0.497 e. The maximum absolute atomic E-state index is 9.10. The van der Waals surface area contributed by atoms with Crippen LogP contribution in [0.1, 0.15) is 0 Å². The molecule has 13 nitrogen and oxygen atoms in total. The van der Waals surface area contributed by atoms with E-state index in [0.717, 1.165) is 11.3 Å². The summed E-state index contributed by atoms with van der Waals surface area (Å²) in [7, 11) is 5.03. The molecule has 4 rings (SSSR count). The van der Waals surface area contributed by atoms with E-state index in [-0.39, 0.29) is 25.8 Å². The van der Waals surface area contributed by atoms with Gasteiger partial charge in [0.1, 0.15) is 29.4 Å². The van der Waals surface area contributed by atoms with E-state index in [1.807, 2.05) is 42.4 Å². The molecule has 0 aliphatic rings. The summed E-state index contributed by atoms with van der Waals surface area (Å²) in [5.74, 6) is 1.84. The van der Waals surface area contributed by atoms with Crippen LogP contribution in [-0.2, 0) is 11.8 Å². The Hall–Kier alpha value is -4.78. The van der Waals surface area contributed by atoms with E-state index in [1.165, 1.54) is 0 Å². The minimum Gasteiger partial charge on any atom is -0.497 e. The zero-order chi connectivity index (χ0) is 26.9. The lowest BCUT2D eigenvalue weighted by Crippen LogP contribution is -2.32. The minimum absolute atomic E-state index is 0.0850. The molecule has 0 fully saturated rings. The van der Waals surface area contributed by atoms with E-state index in [4.69, 9.17) is 29.3 Å². The van der Waals surface area contributed by atoms with Crippen LogP contribution in [-0.4, -0.2) is 83.1 Å². The third-order valence-corrected chi connectivity index (χ3v) is 5.42. The lowest BCUT2D eigenvalue weighted by atomic mass is 10.2. The molecule has 0 unspecified atom stereocenters. The van der Waals surface area contributed by atoms with E-state index in [1.54, 1.807) is 37.4 Å². The summed E-state index contributed by atoms with van der Waals surface area (Å²) in [6, 6.07) is 9.40. The molecule has 0 amide bonds. The number of fused-ring (bicyclic) bond motifs is 1. The number of amidine groups is 1. The maximum atomic E-state index is 9.10. The van der Waals surface area contributed by atoms with Gasteiger partial charge in [-0.1, -0.05) is 5.10 Å². The number of rotatable bonds is 11. The third kappa shape index (κ3) is 6.31. The van der Waals surface area contributed by atoms with Crippen molar-refractivity contribution in [3.63, 3.8) is 0 Å². The van der Waals surface area contributed by atoms with E-state index in [0.29, 0.717) is 40.7 Å². The summed E-state index contributed by atoms with van der Waals surface area (Å²) in [6.45, 7) is 4.10. The number of aliphatic hydroxyl groups excluding tert-OH is 1. The highest BCUT2D eigenvalue weighted by Gasteiger charge is 2.16. The van der Waals surface area contributed by atoms with Gasteiger partial charge in [0.2, 0.25) is 0 Å². The second kappa shape index (κ2) is 12.5. The van der Waals surface area contributed by atoms with Crippen molar-refractivity contribution in [3.05, 3.63) is 48.9 Å². The van der Waals surface area contributed by atoms with Crippen molar-refractivity contribution in [1.82, 2.24) is 30.0 Å². The maximum Gasteiger partial charge on any atom is 0.308 e. The van der Waals surface area contributed by atoms with Crippen molar-refractivity contribution < 1.29 is 19.3 Å². The van der Waals surface area contributed by atoms with Gasteiger partial charge in [-0.2, -0.15) is 10.2 Å². The van der Waals surface area contributed by atoms with Crippen molar-refractivity contribution in [2.24, 2.45) is 17.3 Å². The molecule has 198 valence electrons. The van der Waals surface area contributed by atoms with Gasteiger partial charge in [0, 0.05) is 56.0 Å². The van der Waals surface area contributed by atoms with Gasteiger partial charge < -0.3 is 29.5 Å². The van der Waals surface area contributed by atoms with Crippen molar-refractivity contribution in [2.45, 2.75) is 0 Å². The Morgan fingerprint density at radius 1 is 1.13 bits per heavy atom. The minimum atomic E-state index is -0.0850. The lowest BCUT2D eigenvalue weighted by molar-refractivity contribution is 0.273. The molecule has 3 heterocycles. The standard InChI is InChI=1S/C25H29N9O4/c1-26-32-25(27-7-9-35)38-10-8-34(18-11-19(36-3)13-20(12-18)37-4)23-6-5-21-24(31-23)30-22(15-28-21)17-14-29-33(2)16-17/h5-6,11-16,35H,1,7-10H2,2-4H3,(H,27,32). The molecular weight excluding hydrogens is 490 g/mol. The number of nitrogens with one attached hydrogen (secondary N) is 1. The third-order valence-electron chi connectivity index (χ3n) is 5.42. The fraction of sp³-hybridized carbons (Fsp3) is 0.280. The first-order valence-electron chi connectivity index (χ1n) is 11.7. The van der Waals surface area contributed by atoms with Crippen LogP contribution >= 0.6 is 0 Å². The zero-order valence-corrected chi connectivity index (χ0v) is 21.4. The van der Waals surface area contributed by atoms with E-state index < -0.39 is 0 Å². The van der Waals surface area contributed by atoms with Gasteiger partial charge in [-0.05, 0) is 12.1 Å². The van der Waals surface area contributed by atoms with Crippen LogP contribution in [0.25, 0.3) is 22.4 Å². The molecule has 3 aromatic heterocycles. The lowest BCUT2D eigenvalue weighted by Gasteiger charge is -2.25. The Bertz CT molecular complexity index is 1400. The number of ether oxygens (including phenoxy) is 3. The summed E-state index contributed by atoms with van der Waals surface area (Å²) < 4.78 is 18.4. The summed E-state index contributed by atoms with van der Waals surface area (Å²) in [6.07, 6.45) is 5.30. The number of pyridine rings is 1. The molecule has 0 atom stereocenters. The van der Waals surface area contributed by atoms with Crippen molar-refractivity contribution in [1.29, 1.82) is 0 Å². The molecular formula is C25H29N9O4. The van der Waals surface area contributed by atoms with Crippen molar-refractivity contribution >= 4 is 35.4 Å². The molecule has 0 saturated heterocycles. The molecule has 38 heavy (non-hydrogen) atoms. The number of benzene rings is 1. The average Bonchev–Trinajstić information content (AvgIpc) is 3.39. The summed E-state index contributed by atoms with van der Waals surface area (Å²) in [4.78, 5) is 16.0. The van der Waals surface area contributed by atoms with Gasteiger partial charge in [0.25, 0.3) is 0 Å². The number of hydrogen-bond donors (Lipinski definition) is 2. The molecule has 13 heteroatoms. The predicted octanol–water partition coefficient (Wildman–Crippen LogP) is 2.15. The van der Waals surface area contributed by atoms with E-state index in [9.17, 15) is 0 Å². The van der Waals surface area contributed by atoms with Crippen LogP contribution in [0.3, 0.4) is 0 Å². The molecule has 0 saturated carbocycles. The number of aromatic nitrogens is 5. The summed E-state index contributed by atoms with van der Waals surface area (Å²) >= 11 is 0. The molecule has 2 N–H and O–H groups in total. The van der Waals surface area contributed by atoms with E-state index >= 15 is 0 Å². The van der Waals surface area contributed by atoms with Crippen LogP contribution in [0.5, 0.6) is 11.5 Å². The smallest absolute Gasteiger partial charge is 0.308 e. The number of nitrogens with zero attached hydrogens (tertiary/aromatic N) is 8. The Morgan fingerprint density at radius 2 is 1.92 bits per heavy atom. The average molecular weight is 520 g/mol. The normalized spacial score (nSPS) is 11.3. The first-order valence-corrected chi connectivity index (χ1v) is 11.7. The Kier molecular flexibility index (Phi) is 8.61. The number of aryl methyl sites for hydroxylation is 1. The number of methoxy groups -OCH3 is 2. The topological polar surface area (TPSA) is 144 Å². The van der Waals surface area contributed by atoms with Gasteiger partial charge in [-0.25, -0.2) is 9.97 Å². The SMILES string of the molecule is C=N/N=C(/NCCO)OCCN(c1cc(OC)cc(OC)c1)c1ccc2ncc(-c3cnn(C)c3)nc2n1. The Labute approximate surface area is 219 Å². The highest BCUT2D eigenvalue weighted by molar-refractivity contribution is 5.77. The summed E-state index contributed by atoms with van der Waals surface area (Å²) in [5, 5.41) is 23.5. The van der Waals surface area contributed by atoms with Crippen molar-refractivity contribution in [3.8, 4) is 22.8 Å². The zero-order valence-electron chi connectivity index (χ0n) is 21.4. The van der Waals surface area contributed by atoms with Gasteiger partial charge >= 0.3 is 6.02 Å². The first kappa shape index (κ1) is 26.3. The number of aliphatic hydroxyl groups is 1. The second-order valence-corrected chi connectivity index (χ2v) is 7.94. The Morgan fingerprint density at radius 3 is 2.58 bits per heavy atom. The quantitative estimate of drug-likeness (QED) is 0.172. The molecule has 0 aliphatic heterocycles. The molecule has 0 bridgehead atoms. The van der Waals surface area contributed by atoms with Crippen LogP contribution in [0.4, 0.5) is 11.5 Å². The molecule has 0 radical (unpaired) electrons. The fourth-order valence-corrected chi connectivity index (χ4v) is 3.63. The number of anilines is 2. The Balaban J connectivity index is 1.70. The molecule has 1 aromatic carbocycles.